The van der Waals surface area contributed by atoms with Crippen LogP contribution in [0.5, 0.6) is 5.75 Å². The molecule has 0 fully saturated rings. The molecule has 33 heavy (non-hydrogen) atoms. The first kappa shape index (κ1) is 28.2. The van der Waals surface area contributed by atoms with Crippen LogP contribution in [0.1, 0.15) is 71.6 Å². The highest BCUT2D eigenvalue weighted by atomic mass is 16.6. The third-order valence-corrected chi connectivity index (χ3v) is 4.93. The summed E-state index contributed by atoms with van der Waals surface area (Å²) in [5.74, 6) is -0.895. The third-order valence-electron chi connectivity index (χ3n) is 4.93. The highest BCUT2D eigenvalue weighted by molar-refractivity contribution is 5.92. The average molecular weight is 466 g/mol. The van der Waals surface area contributed by atoms with Gasteiger partial charge in [0.2, 0.25) is 11.8 Å². The Morgan fingerprint density at radius 3 is 2.30 bits per heavy atom. The van der Waals surface area contributed by atoms with Crippen molar-refractivity contribution in [2.45, 2.75) is 85.0 Å². The number of hydrogen-bond acceptors (Lipinski definition) is 6. The molecule has 9 nitrogen and oxygen atoms in total. The molecule has 1 aromatic carbocycles. The molecule has 0 aliphatic carbocycles. The molecule has 1 aromatic rings. The van der Waals surface area contributed by atoms with Crippen LogP contribution in [0.25, 0.3) is 0 Å². The van der Waals surface area contributed by atoms with Crippen LogP contribution in [0.3, 0.4) is 0 Å². The van der Waals surface area contributed by atoms with Gasteiger partial charge in [-0.2, -0.15) is 0 Å². The lowest BCUT2D eigenvalue weighted by Gasteiger charge is -2.34. The quantitative estimate of drug-likeness (QED) is 0.421. The fourth-order valence-corrected chi connectivity index (χ4v) is 3.42. The molecule has 0 heterocycles. The van der Waals surface area contributed by atoms with Crippen molar-refractivity contribution in [2.75, 3.05) is 13.2 Å². The molecule has 0 saturated heterocycles. The van der Waals surface area contributed by atoms with Crippen molar-refractivity contribution >= 4 is 17.9 Å². The molecule has 186 valence electrons. The van der Waals surface area contributed by atoms with E-state index in [4.69, 9.17) is 4.74 Å². The normalized spacial score (nSPS) is 14.1. The molecule has 1 rings (SSSR count). The smallest absolute Gasteiger partial charge is 0.408 e. The van der Waals surface area contributed by atoms with Gasteiger partial charge in [-0.25, -0.2) is 4.79 Å². The Morgan fingerprint density at radius 2 is 1.79 bits per heavy atom. The second-order valence-corrected chi connectivity index (χ2v) is 9.27. The lowest BCUT2D eigenvalue weighted by atomic mass is 10.00. The van der Waals surface area contributed by atoms with Gasteiger partial charge in [-0.15, -0.1) is 0 Å². The lowest BCUT2D eigenvalue weighted by molar-refractivity contribution is -0.143. The summed E-state index contributed by atoms with van der Waals surface area (Å²) in [6, 6.07) is 2.48. The molecule has 3 atom stereocenters. The van der Waals surface area contributed by atoms with E-state index in [0.29, 0.717) is 11.1 Å². The Labute approximate surface area is 196 Å². The van der Waals surface area contributed by atoms with Gasteiger partial charge in [-0.3, -0.25) is 9.59 Å². The van der Waals surface area contributed by atoms with Crippen LogP contribution in [0.15, 0.2) is 18.2 Å². The SMILES string of the molecule is CCCC(C)NC(=O)C(c1ccc(O)c(C)c1)N(CCO)C(=O)C(C)NC(=O)OC(C)(C)C. The molecular weight excluding hydrogens is 426 g/mol. The number of carbonyl (C=O) groups is 3. The van der Waals surface area contributed by atoms with Crippen LogP contribution in [0.2, 0.25) is 0 Å². The summed E-state index contributed by atoms with van der Waals surface area (Å²) in [5, 5.41) is 25.0. The number of aromatic hydroxyl groups is 1. The van der Waals surface area contributed by atoms with Gasteiger partial charge in [0.05, 0.1) is 6.61 Å². The minimum atomic E-state index is -1.06. The van der Waals surface area contributed by atoms with Crippen molar-refractivity contribution in [3.8, 4) is 5.75 Å². The zero-order chi connectivity index (χ0) is 25.3. The van der Waals surface area contributed by atoms with E-state index in [1.807, 2.05) is 13.8 Å². The first-order chi connectivity index (χ1) is 15.3. The van der Waals surface area contributed by atoms with Crippen LogP contribution in [-0.4, -0.2) is 63.9 Å². The molecular formula is C24H39N3O6. The second kappa shape index (κ2) is 12.4. The number of rotatable bonds is 10. The van der Waals surface area contributed by atoms with Gasteiger partial charge >= 0.3 is 6.09 Å². The summed E-state index contributed by atoms with van der Waals surface area (Å²) in [6.45, 7) is 11.7. The Hall–Kier alpha value is -2.81. The standard InChI is InChI=1S/C24H39N3O6/c1-8-9-16(3)25-21(30)20(18-10-11-19(29)15(2)14-18)27(12-13-28)22(31)17(4)26-23(32)33-24(5,6)7/h10-11,14,16-17,20,28-29H,8-9,12-13H2,1-7H3,(H,25,30)(H,26,32). The second-order valence-electron chi connectivity index (χ2n) is 9.27. The zero-order valence-electron chi connectivity index (χ0n) is 20.8. The van der Waals surface area contributed by atoms with Gasteiger partial charge < -0.3 is 30.5 Å². The van der Waals surface area contributed by atoms with Crippen LogP contribution in [0, 0.1) is 6.92 Å². The highest BCUT2D eigenvalue weighted by Crippen LogP contribution is 2.27. The van der Waals surface area contributed by atoms with E-state index in [1.165, 1.54) is 17.9 Å². The number of amides is 3. The van der Waals surface area contributed by atoms with Crippen LogP contribution < -0.4 is 10.6 Å². The van der Waals surface area contributed by atoms with Crippen LogP contribution >= 0.6 is 0 Å². The molecule has 9 heteroatoms. The van der Waals surface area contributed by atoms with Gasteiger partial charge in [0.1, 0.15) is 23.4 Å². The minimum absolute atomic E-state index is 0.0669. The van der Waals surface area contributed by atoms with Gasteiger partial charge in [-0.1, -0.05) is 19.4 Å². The third kappa shape index (κ3) is 8.92. The molecule has 0 bridgehead atoms. The summed E-state index contributed by atoms with van der Waals surface area (Å²) >= 11 is 0. The Kier molecular flexibility index (Phi) is 10.6. The molecule has 0 aromatic heterocycles. The van der Waals surface area contributed by atoms with Crippen molar-refractivity contribution in [3.63, 3.8) is 0 Å². The molecule has 0 spiro atoms. The minimum Gasteiger partial charge on any atom is -0.508 e. The number of phenols is 1. The number of hydrogen-bond donors (Lipinski definition) is 4. The molecule has 0 aliphatic rings. The van der Waals surface area contributed by atoms with Gasteiger partial charge in [-0.05, 0) is 71.2 Å². The number of alkyl carbamates (subject to hydrolysis) is 1. The maximum atomic E-state index is 13.3. The van der Waals surface area contributed by atoms with Crippen molar-refractivity contribution < 1.29 is 29.3 Å². The van der Waals surface area contributed by atoms with Crippen molar-refractivity contribution in [2.24, 2.45) is 0 Å². The maximum absolute atomic E-state index is 13.3. The molecule has 4 N–H and O–H groups in total. The molecule has 0 saturated carbocycles. The van der Waals surface area contributed by atoms with Crippen molar-refractivity contribution in [3.05, 3.63) is 29.3 Å². The summed E-state index contributed by atoms with van der Waals surface area (Å²) in [6.07, 6.45) is 0.878. The summed E-state index contributed by atoms with van der Waals surface area (Å²) in [7, 11) is 0. The fraction of sp³-hybridized carbons (Fsp3) is 0.625. The Bertz CT molecular complexity index is 821. The number of aryl methyl sites for hydroxylation is 1. The first-order valence-corrected chi connectivity index (χ1v) is 11.3. The van der Waals surface area contributed by atoms with Gasteiger partial charge in [0, 0.05) is 12.6 Å². The fourth-order valence-electron chi connectivity index (χ4n) is 3.42. The number of aliphatic hydroxyl groups is 1. The Balaban J connectivity index is 3.30. The number of nitrogens with zero attached hydrogens (tertiary/aromatic N) is 1. The topological polar surface area (TPSA) is 128 Å². The number of phenolic OH excluding ortho intramolecular Hbond substituents is 1. The number of benzene rings is 1. The monoisotopic (exact) mass is 465 g/mol. The molecule has 0 radical (unpaired) electrons. The number of nitrogens with one attached hydrogen (secondary N) is 2. The van der Waals surface area contributed by atoms with Gasteiger partial charge in [0.25, 0.3) is 0 Å². The van der Waals surface area contributed by atoms with Crippen molar-refractivity contribution in [1.82, 2.24) is 15.5 Å². The van der Waals surface area contributed by atoms with Gasteiger partial charge in [0.15, 0.2) is 0 Å². The van der Waals surface area contributed by atoms with E-state index >= 15 is 0 Å². The number of ether oxygens (including phenoxy) is 1. The zero-order valence-corrected chi connectivity index (χ0v) is 20.8. The predicted octanol–water partition coefficient (Wildman–Crippen LogP) is 2.78. The molecule has 3 unspecified atom stereocenters. The molecule has 3 amide bonds. The summed E-state index contributed by atoms with van der Waals surface area (Å²) < 4.78 is 5.22. The highest BCUT2D eigenvalue weighted by Gasteiger charge is 2.35. The first-order valence-electron chi connectivity index (χ1n) is 11.3. The summed E-state index contributed by atoms with van der Waals surface area (Å²) in [5.41, 5.74) is 0.292. The van der Waals surface area contributed by atoms with Crippen molar-refractivity contribution in [1.29, 1.82) is 0 Å². The van der Waals surface area contributed by atoms with E-state index in [9.17, 15) is 24.6 Å². The maximum Gasteiger partial charge on any atom is 0.408 e. The van der Waals surface area contributed by atoms with E-state index in [0.717, 1.165) is 12.8 Å². The average Bonchev–Trinajstić information content (AvgIpc) is 2.68. The van der Waals surface area contributed by atoms with Crippen LogP contribution in [0.4, 0.5) is 4.79 Å². The molecule has 0 aliphatic heterocycles. The van der Waals surface area contributed by atoms with E-state index in [1.54, 1.807) is 39.8 Å². The largest absolute Gasteiger partial charge is 0.508 e. The number of carbonyl (C=O) groups excluding carboxylic acids is 3. The predicted molar refractivity (Wildman–Crippen MR) is 126 cm³/mol. The summed E-state index contributed by atoms with van der Waals surface area (Å²) in [4.78, 5) is 40.1. The van der Waals surface area contributed by atoms with E-state index in [2.05, 4.69) is 10.6 Å². The van der Waals surface area contributed by atoms with Crippen LogP contribution in [-0.2, 0) is 14.3 Å². The lowest BCUT2D eigenvalue weighted by Crippen LogP contribution is -2.53. The van der Waals surface area contributed by atoms with E-state index < -0.39 is 35.6 Å². The number of aliphatic hydroxyl groups excluding tert-OH is 1. The Morgan fingerprint density at radius 1 is 1.15 bits per heavy atom. The van der Waals surface area contributed by atoms with E-state index in [-0.39, 0.29) is 24.9 Å².